The molecule has 0 aliphatic carbocycles. The molecule has 1 heterocycles. The van der Waals surface area contributed by atoms with Crippen LogP contribution >= 0.6 is 0 Å². The van der Waals surface area contributed by atoms with Gasteiger partial charge in [0.15, 0.2) is 0 Å². The van der Waals surface area contributed by atoms with Gasteiger partial charge in [0.25, 0.3) is 0 Å². The molecule has 2 unspecified atom stereocenters. The van der Waals surface area contributed by atoms with Crippen molar-refractivity contribution < 1.29 is 9.52 Å². The molecule has 0 bridgehead atoms. The summed E-state index contributed by atoms with van der Waals surface area (Å²) >= 11 is 0. The lowest BCUT2D eigenvalue weighted by atomic mass is 10.1. The van der Waals surface area contributed by atoms with Crippen LogP contribution in [0.5, 0.6) is 0 Å². The third-order valence-corrected chi connectivity index (χ3v) is 2.05. The highest BCUT2D eigenvalue weighted by Gasteiger charge is 2.17. The minimum Gasteiger partial charge on any atom is -0.464 e. The van der Waals surface area contributed by atoms with Crippen LogP contribution in [0, 0.1) is 6.92 Å². The minimum absolute atomic E-state index is 0.0237. The van der Waals surface area contributed by atoms with Gasteiger partial charge in [-0.05, 0) is 32.5 Å². The molecule has 1 rings (SSSR count). The molecular formula is C10H17NO2. The Balaban J connectivity index is 2.61. The summed E-state index contributed by atoms with van der Waals surface area (Å²) in [6, 6.07) is 3.70. The molecule has 0 aliphatic heterocycles. The predicted octanol–water partition coefficient (Wildman–Crippen LogP) is 1.62. The normalized spacial score (nSPS) is 15.7. The van der Waals surface area contributed by atoms with E-state index in [1.807, 2.05) is 32.9 Å². The quantitative estimate of drug-likeness (QED) is 0.745. The second-order valence-electron chi connectivity index (χ2n) is 3.24. The highest BCUT2D eigenvalue weighted by molar-refractivity contribution is 5.09. The van der Waals surface area contributed by atoms with Crippen LogP contribution in [0.2, 0.25) is 0 Å². The van der Waals surface area contributed by atoms with Crippen molar-refractivity contribution in [3.8, 4) is 0 Å². The Bertz CT molecular complexity index is 257. The van der Waals surface area contributed by atoms with E-state index in [0.717, 1.165) is 12.3 Å². The zero-order valence-corrected chi connectivity index (χ0v) is 8.37. The molecule has 0 spiro atoms. The van der Waals surface area contributed by atoms with E-state index in [0.29, 0.717) is 5.76 Å². The minimum atomic E-state index is -0.561. The van der Waals surface area contributed by atoms with Gasteiger partial charge in [0, 0.05) is 6.04 Å². The van der Waals surface area contributed by atoms with E-state index in [4.69, 9.17) is 4.42 Å². The van der Waals surface area contributed by atoms with Crippen LogP contribution in [0.4, 0.5) is 0 Å². The van der Waals surface area contributed by atoms with Gasteiger partial charge in [0.2, 0.25) is 0 Å². The van der Waals surface area contributed by atoms with Gasteiger partial charge in [-0.15, -0.1) is 0 Å². The van der Waals surface area contributed by atoms with E-state index >= 15 is 0 Å². The summed E-state index contributed by atoms with van der Waals surface area (Å²) in [5.41, 5.74) is 0. The topological polar surface area (TPSA) is 45.4 Å². The van der Waals surface area contributed by atoms with Gasteiger partial charge in [0.1, 0.15) is 17.6 Å². The molecule has 0 saturated heterocycles. The maximum atomic E-state index is 9.78. The van der Waals surface area contributed by atoms with E-state index in [9.17, 15) is 5.11 Å². The fourth-order valence-electron chi connectivity index (χ4n) is 1.29. The van der Waals surface area contributed by atoms with Crippen LogP contribution in [-0.4, -0.2) is 17.7 Å². The number of aliphatic hydroxyl groups is 1. The summed E-state index contributed by atoms with van der Waals surface area (Å²) in [7, 11) is 0. The second-order valence-corrected chi connectivity index (χ2v) is 3.24. The fourth-order valence-corrected chi connectivity index (χ4v) is 1.29. The first-order valence-electron chi connectivity index (χ1n) is 4.63. The third kappa shape index (κ3) is 2.57. The first-order chi connectivity index (χ1) is 6.15. The Hall–Kier alpha value is -0.800. The van der Waals surface area contributed by atoms with Gasteiger partial charge in [-0.1, -0.05) is 6.92 Å². The first kappa shape index (κ1) is 10.3. The molecule has 13 heavy (non-hydrogen) atoms. The van der Waals surface area contributed by atoms with Gasteiger partial charge in [-0.25, -0.2) is 0 Å². The van der Waals surface area contributed by atoms with Crippen LogP contribution in [0.25, 0.3) is 0 Å². The summed E-state index contributed by atoms with van der Waals surface area (Å²) in [6.07, 6.45) is -0.561. The van der Waals surface area contributed by atoms with E-state index in [1.165, 1.54) is 0 Å². The van der Waals surface area contributed by atoms with E-state index in [1.54, 1.807) is 0 Å². The van der Waals surface area contributed by atoms with Crippen LogP contribution in [-0.2, 0) is 0 Å². The lowest BCUT2D eigenvalue weighted by Crippen LogP contribution is -2.31. The van der Waals surface area contributed by atoms with Crippen molar-refractivity contribution in [2.45, 2.75) is 32.9 Å². The number of rotatable bonds is 4. The lowest BCUT2D eigenvalue weighted by Gasteiger charge is -2.17. The maximum Gasteiger partial charge on any atom is 0.134 e. The van der Waals surface area contributed by atoms with E-state index in [2.05, 4.69) is 5.32 Å². The Kier molecular flexibility index (Phi) is 3.51. The van der Waals surface area contributed by atoms with Crippen molar-refractivity contribution in [2.75, 3.05) is 6.54 Å². The molecule has 0 aliphatic rings. The lowest BCUT2D eigenvalue weighted by molar-refractivity contribution is 0.112. The zero-order chi connectivity index (χ0) is 9.84. The monoisotopic (exact) mass is 183 g/mol. The van der Waals surface area contributed by atoms with Gasteiger partial charge in [-0.2, -0.15) is 0 Å². The Morgan fingerprint density at radius 3 is 2.69 bits per heavy atom. The largest absolute Gasteiger partial charge is 0.464 e. The van der Waals surface area contributed by atoms with Crippen molar-refractivity contribution in [3.05, 3.63) is 23.7 Å². The standard InChI is InChI=1S/C10H17NO2/c1-4-11-8(3)10(12)9-6-5-7(2)13-9/h5-6,8,10-12H,4H2,1-3H3. The summed E-state index contributed by atoms with van der Waals surface area (Å²) in [5.74, 6) is 1.46. The first-order valence-corrected chi connectivity index (χ1v) is 4.63. The summed E-state index contributed by atoms with van der Waals surface area (Å²) in [4.78, 5) is 0. The number of hydrogen-bond acceptors (Lipinski definition) is 3. The Labute approximate surface area is 78.8 Å². The number of aryl methyl sites for hydroxylation is 1. The summed E-state index contributed by atoms with van der Waals surface area (Å²) in [5, 5.41) is 12.9. The van der Waals surface area contributed by atoms with Crippen LogP contribution in [0.1, 0.15) is 31.5 Å². The molecule has 2 N–H and O–H groups in total. The molecule has 0 radical (unpaired) electrons. The molecule has 2 atom stereocenters. The molecule has 0 saturated carbocycles. The van der Waals surface area contributed by atoms with Crippen molar-refractivity contribution in [1.82, 2.24) is 5.32 Å². The SMILES string of the molecule is CCNC(C)C(O)c1ccc(C)o1. The van der Waals surface area contributed by atoms with Gasteiger partial charge in [-0.3, -0.25) is 0 Å². The number of aliphatic hydroxyl groups excluding tert-OH is 1. The van der Waals surface area contributed by atoms with Crippen molar-refractivity contribution in [3.63, 3.8) is 0 Å². The molecule has 1 aromatic heterocycles. The molecule has 0 fully saturated rings. The van der Waals surface area contributed by atoms with E-state index in [-0.39, 0.29) is 6.04 Å². The summed E-state index contributed by atoms with van der Waals surface area (Å²) < 4.78 is 5.32. The average molecular weight is 183 g/mol. The maximum absolute atomic E-state index is 9.78. The number of furan rings is 1. The van der Waals surface area contributed by atoms with Gasteiger partial charge >= 0.3 is 0 Å². The van der Waals surface area contributed by atoms with Crippen LogP contribution < -0.4 is 5.32 Å². The van der Waals surface area contributed by atoms with E-state index < -0.39 is 6.10 Å². The smallest absolute Gasteiger partial charge is 0.134 e. The van der Waals surface area contributed by atoms with Crippen molar-refractivity contribution >= 4 is 0 Å². The number of nitrogens with one attached hydrogen (secondary N) is 1. The van der Waals surface area contributed by atoms with Crippen molar-refractivity contribution in [1.29, 1.82) is 0 Å². The third-order valence-electron chi connectivity index (χ3n) is 2.05. The van der Waals surface area contributed by atoms with Crippen LogP contribution in [0.15, 0.2) is 16.5 Å². The summed E-state index contributed by atoms with van der Waals surface area (Å²) in [6.45, 7) is 6.66. The molecule has 0 amide bonds. The molecule has 74 valence electrons. The average Bonchev–Trinajstić information content (AvgIpc) is 2.51. The Morgan fingerprint density at radius 1 is 1.54 bits per heavy atom. The molecule has 3 nitrogen and oxygen atoms in total. The van der Waals surface area contributed by atoms with Crippen LogP contribution in [0.3, 0.4) is 0 Å². The Morgan fingerprint density at radius 2 is 2.23 bits per heavy atom. The molecule has 0 aromatic carbocycles. The van der Waals surface area contributed by atoms with Crippen molar-refractivity contribution in [2.24, 2.45) is 0 Å². The molecular weight excluding hydrogens is 166 g/mol. The zero-order valence-electron chi connectivity index (χ0n) is 8.37. The molecule has 3 heteroatoms. The fraction of sp³-hybridized carbons (Fsp3) is 0.600. The second kappa shape index (κ2) is 4.44. The number of hydrogen-bond donors (Lipinski definition) is 2. The van der Waals surface area contributed by atoms with Gasteiger partial charge in [0.05, 0.1) is 0 Å². The highest BCUT2D eigenvalue weighted by atomic mass is 16.4. The highest BCUT2D eigenvalue weighted by Crippen LogP contribution is 2.18. The molecule has 1 aromatic rings. The number of likely N-dealkylation sites (N-methyl/N-ethyl adjacent to an activating group) is 1. The predicted molar refractivity (Wildman–Crippen MR) is 51.5 cm³/mol. The van der Waals surface area contributed by atoms with Gasteiger partial charge < -0.3 is 14.8 Å².